The number of hydrogen-bond donors (Lipinski definition) is 1. The summed E-state index contributed by atoms with van der Waals surface area (Å²) in [6.45, 7) is 4.51. The Kier molecular flexibility index (Phi) is 3.91. The smallest absolute Gasteiger partial charge is 0.338 e. The van der Waals surface area contributed by atoms with Crippen LogP contribution < -0.4 is 0 Å². The van der Waals surface area contributed by atoms with E-state index in [-0.39, 0.29) is 11.0 Å². The molecule has 0 amide bonds. The monoisotopic (exact) mass is 323 g/mol. The minimum Gasteiger partial charge on any atom is -0.478 e. The summed E-state index contributed by atoms with van der Waals surface area (Å²) in [4.78, 5) is 16.6. The summed E-state index contributed by atoms with van der Waals surface area (Å²) in [5, 5.41) is 9.29. The number of benzene rings is 1. The predicted molar refractivity (Wildman–Crippen MR) is 92.9 cm³/mol. The molecule has 23 heavy (non-hydrogen) atoms. The molecule has 1 N–H and O–H groups in total. The Morgan fingerprint density at radius 2 is 2.17 bits per heavy atom. The highest BCUT2D eigenvalue weighted by Crippen LogP contribution is 2.43. The molecule has 1 aromatic heterocycles. The lowest BCUT2D eigenvalue weighted by Crippen LogP contribution is -2.22. The van der Waals surface area contributed by atoms with Crippen molar-refractivity contribution < 1.29 is 9.90 Å². The summed E-state index contributed by atoms with van der Waals surface area (Å²) in [6.07, 6.45) is 9.65. The van der Waals surface area contributed by atoms with E-state index in [9.17, 15) is 9.90 Å². The SMILES string of the molecule is C#Cc1c(C(=O)O)cncc1-c1ccc2c(c1)SCCC2(C)C. The fourth-order valence-electron chi connectivity index (χ4n) is 2.92. The van der Waals surface area contributed by atoms with E-state index < -0.39 is 5.97 Å². The third kappa shape index (κ3) is 2.73. The lowest BCUT2D eigenvalue weighted by molar-refractivity contribution is 0.0696. The largest absolute Gasteiger partial charge is 0.478 e. The van der Waals surface area contributed by atoms with E-state index in [4.69, 9.17) is 6.42 Å². The van der Waals surface area contributed by atoms with Gasteiger partial charge in [0.05, 0.1) is 5.56 Å². The van der Waals surface area contributed by atoms with Crippen LogP contribution >= 0.6 is 11.8 Å². The summed E-state index contributed by atoms with van der Waals surface area (Å²) < 4.78 is 0. The highest BCUT2D eigenvalue weighted by Gasteiger charge is 2.28. The van der Waals surface area contributed by atoms with Crippen molar-refractivity contribution in [1.29, 1.82) is 0 Å². The number of carbonyl (C=O) groups is 1. The third-order valence-corrected chi connectivity index (χ3v) is 5.38. The van der Waals surface area contributed by atoms with Gasteiger partial charge in [0, 0.05) is 28.4 Å². The highest BCUT2D eigenvalue weighted by molar-refractivity contribution is 7.99. The van der Waals surface area contributed by atoms with Gasteiger partial charge in [-0.1, -0.05) is 31.9 Å². The molecule has 2 aromatic rings. The molecule has 0 aliphatic carbocycles. The van der Waals surface area contributed by atoms with E-state index in [1.54, 1.807) is 6.20 Å². The van der Waals surface area contributed by atoms with Gasteiger partial charge in [-0.2, -0.15) is 0 Å². The number of aromatic carboxylic acids is 1. The van der Waals surface area contributed by atoms with Gasteiger partial charge in [0.2, 0.25) is 0 Å². The average Bonchev–Trinajstić information content (AvgIpc) is 2.53. The van der Waals surface area contributed by atoms with Gasteiger partial charge in [-0.25, -0.2) is 4.79 Å². The van der Waals surface area contributed by atoms with Crippen molar-refractivity contribution in [3.8, 4) is 23.5 Å². The van der Waals surface area contributed by atoms with Crippen LogP contribution in [0, 0.1) is 12.3 Å². The first-order valence-electron chi connectivity index (χ1n) is 7.39. The maximum absolute atomic E-state index is 11.3. The van der Waals surface area contributed by atoms with Crippen LogP contribution in [0.2, 0.25) is 0 Å². The number of terminal acetylenes is 1. The number of pyridine rings is 1. The number of carboxylic acid groups (broad SMARTS) is 1. The summed E-state index contributed by atoms with van der Waals surface area (Å²) >= 11 is 1.84. The first kappa shape index (κ1) is 15.6. The van der Waals surface area contributed by atoms with E-state index in [2.05, 4.69) is 36.9 Å². The van der Waals surface area contributed by atoms with Gasteiger partial charge in [0.25, 0.3) is 0 Å². The van der Waals surface area contributed by atoms with Crippen LogP contribution in [0.1, 0.15) is 41.8 Å². The van der Waals surface area contributed by atoms with Crippen LogP contribution in [0.25, 0.3) is 11.1 Å². The Balaban J connectivity index is 2.16. The lowest BCUT2D eigenvalue weighted by Gasteiger charge is -2.32. The summed E-state index contributed by atoms with van der Waals surface area (Å²) in [7, 11) is 0. The van der Waals surface area contributed by atoms with Crippen LogP contribution in [0.15, 0.2) is 35.5 Å². The molecule has 0 spiro atoms. The van der Waals surface area contributed by atoms with E-state index in [1.165, 1.54) is 16.7 Å². The average molecular weight is 323 g/mol. The van der Waals surface area contributed by atoms with E-state index in [0.717, 1.165) is 17.7 Å². The summed E-state index contributed by atoms with van der Waals surface area (Å²) in [6, 6.07) is 6.24. The molecule has 116 valence electrons. The Bertz CT molecular complexity index is 834. The van der Waals surface area contributed by atoms with E-state index in [1.807, 2.05) is 17.8 Å². The zero-order valence-corrected chi connectivity index (χ0v) is 13.9. The number of carboxylic acids is 1. The van der Waals surface area contributed by atoms with E-state index >= 15 is 0 Å². The Morgan fingerprint density at radius 1 is 1.39 bits per heavy atom. The van der Waals surface area contributed by atoms with Gasteiger partial charge < -0.3 is 5.11 Å². The molecule has 1 aromatic carbocycles. The third-order valence-electron chi connectivity index (χ3n) is 4.33. The van der Waals surface area contributed by atoms with Crippen molar-refractivity contribution in [3.63, 3.8) is 0 Å². The summed E-state index contributed by atoms with van der Waals surface area (Å²) in [5.41, 5.74) is 3.55. The van der Waals surface area contributed by atoms with Crippen LogP contribution in [0.4, 0.5) is 0 Å². The maximum atomic E-state index is 11.3. The zero-order valence-electron chi connectivity index (χ0n) is 13.1. The van der Waals surface area contributed by atoms with Crippen LogP contribution in [0.5, 0.6) is 0 Å². The van der Waals surface area contributed by atoms with Crippen molar-refractivity contribution >= 4 is 17.7 Å². The number of rotatable bonds is 2. The van der Waals surface area contributed by atoms with Gasteiger partial charge >= 0.3 is 5.97 Å². The summed E-state index contributed by atoms with van der Waals surface area (Å²) in [5.74, 6) is 2.54. The molecule has 3 nitrogen and oxygen atoms in total. The maximum Gasteiger partial charge on any atom is 0.338 e. The van der Waals surface area contributed by atoms with Crippen molar-refractivity contribution in [2.75, 3.05) is 5.75 Å². The number of fused-ring (bicyclic) bond motifs is 1. The molecule has 2 heterocycles. The van der Waals surface area contributed by atoms with Crippen LogP contribution in [0.3, 0.4) is 0 Å². The first-order chi connectivity index (χ1) is 10.9. The molecular weight excluding hydrogens is 306 g/mol. The minimum absolute atomic E-state index is 0.0655. The molecule has 0 atom stereocenters. The molecule has 0 saturated carbocycles. The minimum atomic E-state index is -1.05. The van der Waals surface area contributed by atoms with Crippen molar-refractivity contribution in [2.24, 2.45) is 0 Å². The quantitative estimate of drug-likeness (QED) is 0.842. The second kappa shape index (κ2) is 5.75. The van der Waals surface area contributed by atoms with Gasteiger partial charge in [-0.15, -0.1) is 18.2 Å². The molecule has 3 rings (SSSR count). The van der Waals surface area contributed by atoms with Crippen LogP contribution in [-0.2, 0) is 5.41 Å². The molecule has 0 saturated heterocycles. The highest BCUT2D eigenvalue weighted by atomic mass is 32.2. The molecule has 0 bridgehead atoms. The standard InChI is InChI=1S/C19H17NO2S/c1-4-13-14(10-20-11-15(13)18(21)22)12-5-6-16-17(9-12)23-8-7-19(16,2)3/h1,5-6,9-11H,7-8H2,2-3H3,(H,21,22). The zero-order chi connectivity index (χ0) is 16.6. The van der Waals surface area contributed by atoms with Gasteiger partial charge in [0.1, 0.15) is 0 Å². The Labute approximate surface area is 140 Å². The molecule has 1 aliphatic heterocycles. The fourth-order valence-corrected chi connectivity index (χ4v) is 4.46. The van der Waals surface area contributed by atoms with Crippen molar-refractivity contribution in [3.05, 3.63) is 47.3 Å². The van der Waals surface area contributed by atoms with Crippen molar-refractivity contribution in [2.45, 2.75) is 30.6 Å². The topological polar surface area (TPSA) is 50.2 Å². The number of hydrogen-bond acceptors (Lipinski definition) is 3. The fraction of sp³-hybridized carbons (Fsp3) is 0.263. The normalized spacial score (nSPS) is 15.5. The van der Waals surface area contributed by atoms with Crippen molar-refractivity contribution in [1.82, 2.24) is 4.98 Å². The van der Waals surface area contributed by atoms with Gasteiger partial charge in [0.15, 0.2) is 0 Å². The number of nitrogens with zero attached hydrogens (tertiary/aromatic N) is 1. The second-order valence-electron chi connectivity index (χ2n) is 6.25. The molecule has 0 fully saturated rings. The number of thioether (sulfide) groups is 1. The lowest BCUT2D eigenvalue weighted by atomic mass is 9.81. The Hall–Kier alpha value is -2.25. The van der Waals surface area contributed by atoms with Gasteiger partial charge in [-0.05, 0) is 34.8 Å². The molecule has 0 unspecified atom stereocenters. The first-order valence-corrected chi connectivity index (χ1v) is 8.38. The molecule has 1 aliphatic rings. The van der Waals surface area contributed by atoms with Gasteiger partial charge in [-0.3, -0.25) is 4.98 Å². The van der Waals surface area contributed by atoms with E-state index in [0.29, 0.717) is 11.1 Å². The second-order valence-corrected chi connectivity index (χ2v) is 7.39. The molecule has 0 radical (unpaired) electrons. The Morgan fingerprint density at radius 3 is 2.87 bits per heavy atom. The number of aromatic nitrogens is 1. The van der Waals surface area contributed by atoms with Crippen LogP contribution in [-0.4, -0.2) is 21.8 Å². The predicted octanol–water partition coefficient (Wildman–Crippen LogP) is 4.20. The molecule has 4 heteroatoms. The molecular formula is C19H17NO2S.